The summed E-state index contributed by atoms with van der Waals surface area (Å²) in [6.45, 7) is -0.639. The molecule has 0 aromatic carbocycles. The highest BCUT2D eigenvalue weighted by molar-refractivity contribution is 5.86. The van der Waals surface area contributed by atoms with Crippen molar-refractivity contribution in [1.82, 2.24) is 0 Å². The molecule has 0 unspecified atom stereocenters. The lowest BCUT2D eigenvalue weighted by Crippen LogP contribution is -2.30. The summed E-state index contributed by atoms with van der Waals surface area (Å²) in [5.41, 5.74) is 0.452. The van der Waals surface area contributed by atoms with Crippen molar-refractivity contribution in [3.8, 4) is 0 Å². The summed E-state index contributed by atoms with van der Waals surface area (Å²) in [7, 11) is 0. The number of halogens is 3. The van der Waals surface area contributed by atoms with Gasteiger partial charge in [-0.05, 0) is 38.5 Å². The fourth-order valence-electron chi connectivity index (χ4n) is 2.67. The molecule has 1 rings (SSSR count). The van der Waals surface area contributed by atoms with Crippen LogP contribution in [-0.4, -0.2) is 40.6 Å². The van der Waals surface area contributed by atoms with E-state index in [1.54, 1.807) is 0 Å². The lowest BCUT2D eigenvalue weighted by Gasteiger charge is -2.30. The third-order valence-corrected chi connectivity index (χ3v) is 3.85. The second kappa shape index (κ2) is 8.73. The van der Waals surface area contributed by atoms with Crippen LogP contribution in [0.3, 0.4) is 0 Å². The number of carboxylic acid groups (broad SMARTS) is 2. The monoisotopic (exact) mass is 339 g/mol. The van der Waals surface area contributed by atoms with Crippen LogP contribution >= 0.6 is 0 Å². The normalized spacial score (nSPS) is 22.7. The van der Waals surface area contributed by atoms with Gasteiger partial charge in [0.2, 0.25) is 6.61 Å². The molecule has 1 aliphatic rings. The topological polar surface area (TPSA) is 96.2 Å². The Morgan fingerprint density at radius 3 is 2.13 bits per heavy atom. The first-order valence-electron chi connectivity index (χ1n) is 7.39. The summed E-state index contributed by atoms with van der Waals surface area (Å²) in [5, 5.41) is 20.9. The average molecular weight is 339 g/mol. The predicted molar refractivity (Wildman–Crippen MR) is 74.0 cm³/mol. The Morgan fingerprint density at radius 2 is 1.65 bits per heavy atom. The minimum absolute atomic E-state index is 0.00888. The van der Waals surface area contributed by atoms with Crippen molar-refractivity contribution >= 4 is 17.7 Å². The van der Waals surface area contributed by atoms with Crippen molar-refractivity contribution in [2.75, 3.05) is 6.61 Å². The van der Waals surface area contributed by atoms with E-state index in [0.717, 1.165) is 0 Å². The average Bonchev–Trinajstić information content (AvgIpc) is 2.44. The molecule has 0 aromatic rings. The zero-order valence-corrected chi connectivity index (χ0v) is 12.5. The third-order valence-electron chi connectivity index (χ3n) is 3.85. The van der Waals surface area contributed by atoms with Crippen LogP contribution in [0.1, 0.15) is 44.9 Å². The SMILES string of the molecule is O=C(O)CCC/C(=N\OCC(=O)O)C1CCC(C(F)(F)F)CC1. The molecule has 0 radical (unpaired) electrons. The molecule has 6 nitrogen and oxygen atoms in total. The van der Waals surface area contributed by atoms with Gasteiger partial charge in [-0.3, -0.25) is 4.79 Å². The Bertz CT molecular complexity index is 442. The largest absolute Gasteiger partial charge is 0.481 e. The van der Waals surface area contributed by atoms with Crippen molar-refractivity contribution in [3.63, 3.8) is 0 Å². The number of hydrogen-bond acceptors (Lipinski definition) is 4. The molecule has 23 heavy (non-hydrogen) atoms. The third kappa shape index (κ3) is 7.34. The molecule has 2 N–H and O–H groups in total. The van der Waals surface area contributed by atoms with E-state index in [-0.39, 0.29) is 50.9 Å². The molecule has 1 aliphatic carbocycles. The standard InChI is InChI=1S/C14H20F3NO5/c15-14(16,17)10-6-4-9(5-7-10)11(2-1-3-12(19)20)18-23-8-13(21)22/h9-10H,1-8H2,(H,19,20)(H,21,22)/b18-11+. The zero-order chi connectivity index (χ0) is 17.5. The molecule has 1 fully saturated rings. The highest BCUT2D eigenvalue weighted by atomic mass is 19.4. The number of aliphatic carboxylic acids is 2. The van der Waals surface area contributed by atoms with Gasteiger partial charge in [0.15, 0.2) is 0 Å². The number of oxime groups is 1. The van der Waals surface area contributed by atoms with E-state index in [9.17, 15) is 22.8 Å². The maximum Gasteiger partial charge on any atom is 0.391 e. The van der Waals surface area contributed by atoms with E-state index in [4.69, 9.17) is 10.2 Å². The van der Waals surface area contributed by atoms with E-state index >= 15 is 0 Å². The number of nitrogens with zero attached hydrogens (tertiary/aromatic N) is 1. The van der Waals surface area contributed by atoms with Crippen LogP contribution in [0.2, 0.25) is 0 Å². The zero-order valence-electron chi connectivity index (χ0n) is 12.5. The van der Waals surface area contributed by atoms with Gasteiger partial charge >= 0.3 is 18.1 Å². The highest BCUT2D eigenvalue weighted by Gasteiger charge is 2.42. The minimum Gasteiger partial charge on any atom is -0.481 e. The van der Waals surface area contributed by atoms with E-state index in [2.05, 4.69) is 9.99 Å². The van der Waals surface area contributed by atoms with Crippen molar-refractivity contribution in [1.29, 1.82) is 0 Å². The van der Waals surface area contributed by atoms with Crippen molar-refractivity contribution in [3.05, 3.63) is 0 Å². The van der Waals surface area contributed by atoms with E-state index in [1.807, 2.05) is 0 Å². The van der Waals surface area contributed by atoms with Crippen molar-refractivity contribution in [2.45, 2.75) is 51.1 Å². The van der Waals surface area contributed by atoms with Crippen molar-refractivity contribution < 1.29 is 37.8 Å². The highest BCUT2D eigenvalue weighted by Crippen LogP contribution is 2.40. The van der Waals surface area contributed by atoms with E-state index in [1.165, 1.54) is 0 Å². The summed E-state index contributed by atoms with van der Waals surface area (Å²) >= 11 is 0. The predicted octanol–water partition coefficient (Wildman–Crippen LogP) is 3.07. The summed E-state index contributed by atoms with van der Waals surface area (Å²) in [5.74, 6) is -3.73. The second-order valence-electron chi connectivity index (χ2n) is 5.59. The number of carboxylic acids is 2. The molecule has 0 atom stereocenters. The van der Waals surface area contributed by atoms with E-state index in [0.29, 0.717) is 5.71 Å². The van der Waals surface area contributed by atoms with Gasteiger partial charge in [0, 0.05) is 12.3 Å². The number of rotatable bonds is 8. The fraction of sp³-hybridized carbons (Fsp3) is 0.786. The van der Waals surface area contributed by atoms with Gasteiger partial charge in [0.05, 0.1) is 11.6 Å². The molecule has 1 saturated carbocycles. The van der Waals surface area contributed by atoms with Crippen LogP contribution in [0.15, 0.2) is 5.16 Å². The molecule has 0 spiro atoms. The number of hydrogen-bond donors (Lipinski definition) is 2. The van der Waals surface area contributed by atoms with Gasteiger partial charge in [-0.1, -0.05) is 5.16 Å². The molecular formula is C14H20F3NO5. The van der Waals surface area contributed by atoms with Gasteiger partial charge in [-0.25, -0.2) is 4.79 Å². The Balaban J connectivity index is 2.61. The maximum absolute atomic E-state index is 12.7. The Kier molecular flexibility index (Phi) is 7.31. The summed E-state index contributed by atoms with van der Waals surface area (Å²) in [4.78, 5) is 25.6. The van der Waals surface area contributed by atoms with Crippen LogP contribution in [0.5, 0.6) is 0 Å². The molecule has 0 amide bonds. The van der Waals surface area contributed by atoms with Crippen molar-refractivity contribution in [2.24, 2.45) is 17.0 Å². The first-order chi connectivity index (χ1) is 10.7. The van der Waals surface area contributed by atoms with E-state index < -0.39 is 30.6 Å². The molecule has 0 saturated heterocycles. The second-order valence-corrected chi connectivity index (χ2v) is 5.59. The maximum atomic E-state index is 12.7. The summed E-state index contributed by atoms with van der Waals surface area (Å²) in [6, 6.07) is 0. The number of alkyl halides is 3. The lowest BCUT2D eigenvalue weighted by molar-refractivity contribution is -0.182. The molecule has 0 aromatic heterocycles. The Hall–Kier alpha value is -1.80. The van der Waals surface area contributed by atoms with Gasteiger partial charge < -0.3 is 15.1 Å². The van der Waals surface area contributed by atoms with Crippen LogP contribution < -0.4 is 0 Å². The Labute approximate surface area is 131 Å². The Morgan fingerprint density at radius 1 is 1.04 bits per heavy atom. The molecular weight excluding hydrogens is 319 g/mol. The van der Waals surface area contributed by atoms with Gasteiger partial charge in [-0.2, -0.15) is 13.2 Å². The quantitative estimate of drug-likeness (QED) is 0.523. The molecule has 132 valence electrons. The van der Waals surface area contributed by atoms with Gasteiger partial charge in [0.25, 0.3) is 0 Å². The smallest absolute Gasteiger partial charge is 0.391 e. The van der Waals surface area contributed by atoms with Crippen LogP contribution in [0.4, 0.5) is 13.2 Å². The van der Waals surface area contributed by atoms with Crippen LogP contribution in [0.25, 0.3) is 0 Å². The summed E-state index contributed by atoms with van der Waals surface area (Å²) < 4.78 is 38.0. The molecule has 0 heterocycles. The van der Waals surface area contributed by atoms with Crippen LogP contribution in [0, 0.1) is 11.8 Å². The first-order valence-corrected chi connectivity index (χ1v) is 7.39. The first kappa shape index (κ1) is 19.2. The molecule has 9 heteroatoms. The van der Waals surface area contributed by atoms with Crippen LogP contribution in [-0.2, 0) is 14.4 Å². The summed E-state index contributed by atoms with van der Waals surface area (Å²) in [6.07, 6.45) is -3.19. The number of carbonyl (C=O) groups is 2. The molecule has 0 aliphatic heterocycles. The molecule has 0 bridgehead atoms. The lowest BCUT2D eigenvalue weighted by atomic mass is 9.78. The van der Waals surface area contributed by atoms with Gasteiger partial charge in [0.1, 0.15) is 0 Å². The van der Waals surface area contributed by atoms with Gasteiger partial charge in [-0.15, -0.1) is 0 Å². The minimum atomic E-state index is -4.20. The fourth-order valence-corrected chi connectivity index (χ4v) is 2.67.